The standard InChI is InChI=1S/C23H20N2O5/c1-30-14-10-16(21(26)23(28)29)20-18(11-14)25(12-13-6-3-2-4-7-13)17-9-5-8-15(19(17)20)22(24)27/h2-11,21,26H,12H2,1H3,(H2,24,27)(H,28,29). The van der Waals surface area contributed by atoms with E-state index >= 15 is 0 Å². The Balaban J connectivity index is 2.17. The number of nitrogens with two attached hydrogens (primary N) is 1. The summed E-state index contributed by atoms with van der Waals surface area (Å²) < 4.78 is 7.33. The predicted octanol–water partition coefficient (Wildman–Crippen LogP) is 3.07. The Hall–Kier alpha value is -3.84. The number of carboxylic acids is 1. The maximum atomic E-state index is 12.2. The first-order valence-corrected chi connectivity index (χ1v) is 9.29. The van der Waals surface area contributed by atoms with Gasteiger partial charge in [-0.3, -0.25) is 4.79 Å². The zero-order valence-electron chi connectivity index (χ0n) is 16.2. The fraction of sp³-hybridized carbons (Fsp3) is 0.130. The molecule has 0 fully saturated rings. The van der Waals surface area contributed by atoms with Crippen LogP contribution in [-0.2, 0) is 11.3 Å². The molecule has 4 rings (SSSR count). The van der Waals surface area contributed by atoms with E-state index in [1.165, 1.54) is 13.2 Å². The smallest absolute Gasteiger partial charge is 0.337 e. The zero-order chi connectivity index (χ0) is 21.4. The van der Waals surface area contributed by atoms with Crippen LogP contribution in [0.5, 0.6) is 5.75 Å². The summed E-state index contributed by atoms with van der Waals surface area (Å²) in [5, 5.41) is 20.9. The molecule has 4 N–H and O–H groups in total. The van der Waals surface area contributed by atoms with E-state index in [2.05, 4.69) is 0 Å². The van der Waals surface area contributed by atoms with Gasteiger partial charge < -0.3 is 25.3 Å². The van der Waals surface area contributed by atoms with Crippen LogP contribution in [0.3, 0.4) is 0 Å². The number of aliphatic hydroxyl groups excluding tert-OH is 1. The lowest BCUT2D eigenvalue weighted by molar-refractivity contribution is -0.146. The summed E-state index contributed by atoms with van der Waals surface area (Å²) in [6.07, 6.45) is -1.79. The van der Waals surface area contributed by atoms with Crippen molar-refractivity contribution < 1.29 is 24.5 Å². The Morgan fingerprint density at radius 3 is 2.40 bits per heavy atom. The van der Waals surface area contributed by atoms with Crippen molar-refractivity contribution in [1.82, 2.24) is 4.57 Å². The molecule has 30 heavy (non-hydrogen) atoms. The molecule has 0 radical (unpaired) electrons. The normalized spacial score (nSPS) is 12.2. The van der Waals surface area contributed by atoms with E-state index in [1.807, 2.05) is 41.0 Å². The van der Waals surface area contributed by atoms with Crippen molar-refractivity contribution >= 4 is 33.7 Å². The number of benzene rings is 3. The summed E-state index contributed by atoms with van der Waals surface area (Å²) in [7, 11) is 1.47. The van der Waals surface area contributed by atoms with Gasteiger partial charge in [0.25, 0.3) is 0 Å². The number of hydrogen-bond acceptors (Lipinski definition) is 4. The molecular weight excluding hydrogens is 384 g/mol. The number of ether oxygens (including phenoxy) is 1. The first-order valence-electron chi connectivity index (χ1n) is 9.29. The van der Waals surface area contributed by atoms with Crippen LogP contribution in [-0.4, -0.2) is 33.8 Å². The number of carbonyl (C=O) groups excluding carboxylic acids is 1. The van der Waals surface area contributed by atoms with Crippen LogP contribution in [0.15, 0.2) is 60.7 Å². The van der Waals surface area contributed by atoms with Gasteiger partial charge in [-0.15, -0.1) is 0 Å². The molecule has 4 aromatic rings. The molecule has 1 unspecified atom stereocenters. The van der Waals surface area contributed by atoms with Crippen molar-refractivity contribution in [1.29, 1.82) is 0 Å². The lowest BCUT2D eigenvalue weighted by atomic mass is 9.98. The van der Waals surface area contributed by atoms with Crippen LogP contribution in [0.4, 0.5) is 0 Å². The number of hydrogen-bond donors (Lipinski definition) is 3. The van der Waals surface area contributed by atoms with Crippen molar-refractivity contribution in [3.8, 4) is 5.75 Å². The quantitative estimate of drug-likeness (QED) is 0.457. The number of aromatic nitrogens is 1. The first kappa shape index (κ1) is 19.5. The van der Waals surface area contributed by atoms with Crippen molar-refractivity contribution in [2.24, 2.45) is 5.73 Å². The lowest BCUT2D eigenvalue weighted by Gasteiger charge is -2.12. The van der Waals surface area contributed by atoms with E-state index < -0.39 is 18.0 Å². The Morgan fingerprint density at radius 2 is 1.77 bits per heavy atom. The summed E-state index contributed by atoms with van der Waals surface area (Å²) in [6, 6.07) is 18.1. The molecule has 0 saturated heterocycles. The van der Waals surface area contributed by atoms with Gasteiger partial charge in [0, 0.05) is 34.5 Å². The molecule has 3 aromatic carbocycles. The van der Waals surface area contributed by atoms with Gasteiger partial charge in [0.15, 0.2) is 6.10 Å². The number of rotatable bonds is 6. The average Bonchev–Trinajstić information content (AvgIpc) is 3.06. The monoisotopic (exact) mass is 404 g/mol. The number of carboxylic acid groups (broad SMARTS) is 1. The number of aliphatic carboxylic acids is 1. The van der Waals surface area contributed by atoms with E-state index in [-0.39, 0.29) is 11.1 Å². The number of aliphatic hydroxyl groups is 1. The molecule has 1 atom stereocenters. The van der Waals surface area contributed by atoms with Crippen LogP contribution >= 0.6 is 0 Å². The minimum atomic E-state index is -1.79. The minimum Gasteiger partial charge on any atom is -0.497 e. The summed E-state index contributed by atoms with van der Waals surface area (Å²) in [6.45, 7) is 0.471. The zero-order valence-corrected chi connectivity index (χ0v) is 16.2. The molecule has 0 saturated carbocycles. The van der Waals surface area contributed by atoms with Crippen LogP contribution < -0.4 is 10.5 Å². The Morgan fingerprint density at radius 1 is 1.03 bits per heavy atom. The van der Waals surface area contributed by atoms with Crippen LogP contribution in [0.25, 0.3) is 21.8 Å². The fourth-order valence-corrected chi connectivity index (χ4v) is 3.87. The van der Waals surface area contributed by atoms with Gasteiger partial charge in [-0.05, 0) is 23.8 Å². The Labute approximate surface area is 171 Å². The second kappa shape index (κ2) is 7.53. The number of amides is 1. The molecule has 0 aliphatic rings. The minimum absolute atomic E-state index is 0.141. The third kappa shape index (κ3) is 3.15. The van der Waals surface area contributed by atoms with E-state index in [1.54, 1.807) is 18.2 Å². The maximum Gasteiger partial charge on any atom is 0.337 e. The molecule has 1 aromatic heterocycles. The topological polar surface area (TPSA) is 115 Å². The highest BCUT2D eigenvalue weighted by molar-refractivity contribution is 6.19. The van der Waals surface area contributed by atoms with Gasteiger partial charge in [0.05, 0.1) is 18.1 Å². The second-order valence-electron chi connectivity index (χ2n) is 6.99. The summed E-state index contributed by atoms with van der Waals surface area (Å²) in [5.74, 6) is -1.63. The Bertz CT molecular complexity index is 1280. The molecule has 0 spiro atoms. The largest absolute Gasteiger partial charge is 0.497 e. The van der Waals surface area contributed by atoms with Gasteiger partial charge >= 0.3 is 5.97 Å². The van der Waals surface area contributed by atoms with Gasteiger partial charge in [0.1, 0.15) is 5.75 Å². The first-order chi connectivity index (χ1) is 14.4. The van der Waals surface area contributed by atoms with Crippen LogP contribution in [0.2, 0.25) is 0 Å². The summed E-state index contributed by atoms with van der Waals surface area (Å²) >= 11 is 0. The molecule has 7 nitrogen and oxygen atoms in total. The molecule has 7 heteroatoms. The molecule has 152 valence electrons. The highest BCUT2D eigenvalue weighted by atomic mass is 16.5. The van der Waals surface area contributed by atoms with Gasteiger partial charge in [-0.25, -0.2) is 4.79 Å². The fourth-order valence-electron chi connectivity index (χ4n) is 3.87. The van der Waals surface area contributed by atoms with E-state index in [4.69, 9.17) is 10.5 Å². The van der Waals surface area contributed by atoms with Crippen molar-refractivity contribution in [2.75, 3.05) is 7.11 Å². The second-order valence-corrected chi connectivity index (χ2v) is 6.99. The predicted molar refractivity (Wildman–Crippen MR) is 113 cm³/mol. The van der Waals surface area contributed by atoms with Crippen molar-refractivity contribution in [2.45, 2.75) is 12.6 Å². The molecule has 1 amide bonds. The molecule has 0 aliphatic heterocycles. The lowest BCUT2D eigenvalue weighted by Crippen LogP contribution is -2.13. The van der Waals surface area contributed by atoms with Crippen LogP contribution in [0.1, 0.15) is 27.6 Å². The Kier molecular flexibility index (Phi) is 4.89. The average molecular weight is 404 g/mol. The number of methoxy groups -OCH3 is 1. The highest BCUT2D eigenvalue weighted by Gasteiger charge is 2.26. The highest BCUT2D eigenvalue weighted by Crippen LogP contribution is 2.39. The van der Waals surface area contributed by atoms with Crippen molar-refractivity contribution in [3.05, 3.63) is 77.4 Å². The van der Waals surface area contributed by atoms with Gasteiger partial charge in [-0.2, -0.15) is 0 Å². The summed E-state index contributed by atoms with van der Waals surface area (Å²) in [4.78, 5) is 23.8. The number of primary amides is 1. The van der Waals surface area contributed by atoms with E-state index in [9.17, 15) is 19.8 Å². The number of fused-ring (bicyclic) bond motifs is 3. The molecule has 0 bridgehead atoms. The molecular formula is C23H20N2O5. The molecule has 1 heterocycles. The number of nitrogens with zero attached hydrogens (tertiary/aromatic N) is 1. The van der Waals surface area contributed by atoms with Gasteiger partial charge in [-0.1, -0.05) is 36.4 Å². The SMILES string of the molecule is COc1cc(C(O)C(=O)O)c2c3c(C(N)=O)cccc3n(Cc3ccccc3)c2c1. The van der Waals surface area contributed by atoms with Crippen molar-refractivity contribution in [3.63, 3.8) is 0 Å². The molecule has 0 aliphatic carbocycles. The third-order valence-corrected chi connectivity index (χ3v) is 5.21. The summed E-state index contributed by atoms with van der Waals surface area (Å²) in [5.41, 5.74) is 8.38. The maximum absolute atomic E-state index is 12.2. The van der Waals surface area contributed by atoms with Gasteiger partial charge in [0.2, 0.25) is 5.91 Å². The number of carbonyl (C=O) groups is 2. The van der Waals surface area contributed by atoms with Crippen LogP contribution in [0, 0.1) is 0 Å². The van der Waals surface area contributed by atoms with E-state index in [0.717, 1.165) is 5.56 Å². The van der Waals surface area contributed by atoms with E-state index in [0.29, 0.717) is 34.1 Å². The third-order valence-electron chi connectivity index (χ3n) is 5.21.